The molecule has 1 aliphatic heterocycles. The van der Waals surface area contributed by atoms with Crippen LogP contribution in [0, 0.1) is 10.1 Å². The third-order valence-corrected chi connectivity index (χ3v) is 7.38. The second-order valence-corrected chi connectivity index (χ2v) is 10.2. The van der Waals surface area contributed by atoms with Crippen LogP contribution < -0.4 is 10.1 Å². The van der Waals surface area contributed by atoms with Crippen LogP contribution in [0.1, 0.15) is 23.6 Å². The van der Waals surface area contributed by atoms with Gasteiger partial charge in [-0.1, -0.05) is 91.0 Å². The first-order valence-electron chi connectivity index (χ1n) is 13.8. The Labute approximate surface area is 248 Å². The summed E-state index contributed by atoms with van der Waals surface area (Å²) in [5.41, 5.74) is 1.28. The highest BCUT2D eigenvalue weighted by Gasteiger charge is 2.48. The van der Waals surface area contributed by atoms with Gasteiger partial charge < -0.3 is 29.7 Å². The van der Waals surface area contributed by atoms with Crippen molar-refractivity contribution >= 4 is 11.6 Å². The van der Waals surface area contributed by atoms with Gasteiger partial charge >= 0.3 is 0 Å². The summed E-state index contributed by atoms with van der Waals surface area (Å²) in [5, 5.41) is 36.0. The molecule has 222 valence electrons. The number of nitrogens with one attached hydrogen (secondary N) is 1. The fourth-order valence-electron chi connectivity index (χ4n) is 5.31. The number of amides is 1. The third-order valence-electron chi connectivity index (χ3n) is 7.38. The lowest BCUT2D eigenvalue weighted by Gasteiger charge is -2.44. The van der Waals surface area contributed by atoms with Crippen LogP contribution in [0.3, 0.4) is 0 Å². The summed E-state index contributed by atoms with van der Waals surface area (Å²) in [4.78, 5) is 22.5. The number of hydrogen-bond donors (Lipinski definition) is 3. The average Bonchev–Trinajstić information content (AvgIpc) is 3.03. The van der Waals surface area contributed by atoms with E-state index in [1.165, 1.54) is 31.2 Å². The van der Waals surface area contributed by atoms with Crippen LogP contribution >= 0.6 is 0 Å². The Bertz CT molecular complexity index is 1410. The number of nitrogens with zero attached hydrogens (tertiary/aromatic N) is 1. The van der Waals surface area contributed by atoms with Crippen molar-refractivity contribution in [2.45, 2.75) is 43.2 Å². The normalized spacial score (nSPS) is 22.0. The molecule has 1 amide bonds. The van der Waals surface area contributed by atoms with Crippen molar-refractivity contribution in [3.8, 4) is 5.75 Å². The van der Waals surface area contributed by atoms with E-state index in [4.69, 9.17) is 14.2 Å². The molecule has 1 fully saturated rings. The van der Waals surface area contributed by atoms with Gasteiger partial charge in [0.25, 0.3) is 5.69 Å². The number of nitro benzene ring substituents is 1. The quantitative estimate of drug-likeness (QED) is 0.145. The van der Waals surface area contributed by atoms with Crippen LogP contribution in [0.4, 0.5) is 5.69 Å². The van der Waals surface area contributed by atoms with E-state index in [9.17, 15) is 25.1 Å². The Morgan fingerprint density at radius 2 is 1.33 bits per heavy atom. The number of hydrogen-bond acceptors (Lipinski definition) is 8. The van der Waals surface area contributed by atoms with Gasteiger partial charge in [0.2, 0.25) is 12.2 Å². The number of benzene rings is 4. The molecule has 0 radical (unpaired) electrons. The van der Waals surface area contributed by atoms with Crippen molar-refractivity contribution in [1.29, 1.82) is 0 Å². The highest BCUT2D eigenvalue weighted by Crippen LogP contribution is 2.41. The predicted molar refractivity (Wildman–Crippen MR) is 157 cm³/mol. The largest absolute Gasteiger partial charge is 0.463 e. The summed E-state index contributed by atoms with van der Waals surface area (Å²) < 4.78 is 18.9. The van der Waals surface area contributed by atoms with Gasteiger partial charge in [0, 0.05) is 19.1 Å². The topological polar surface area (TPSA) is 140 Å². The second-order valence-electron chi connectivity index (χ2n) is 10.2. The lowest BCUT2D eigenvalue weighted by molar-refractivity contribution is -0.384. The maximum Gasteiger partial charge on any atom is 0.269 e. The number of carbonyl (C=O) groups is 1. The molecule has 0 aliphatic carbocycles. The molecule has 5 atom stereocenters. The molecule has 0 aromatic heterocycles. The lowest BCUT2D eigenvalue weighted by atomic mass is 9.80. The van der Waals surface area contributed by atoms with E-state index in [-0.39, 0.29) is 18.0 Å². The van der Waals surface area contributed by atoms with Gasteiger partial charge in [0.05, 0.1) is 11.5 Å². The SMILES string of the molecule is CC(=O)NC1C(Oc2ccc([N+](=O)[O-])cc2)OC(COC(c2ccccc2)(c2ccccc2)c2ccccc2)C(O)C1O. The Balaban J connectivity index is 1.49. The molecule has 10 heteroatoms. The fourth-order valence-corrected chi connectivity index (χ4v) is 5.31. The average molecular weight is 585 g/mol. The number of nitro groups is 1. The number of aliphatic hydroxyl groups is 2. The number of ether oxygens (including phenoxy) is 3. The van der Waals surface area contributed by atoms with Crippen LogP contribution in [0.5, 0.6) is 5.75 Å². The Hall–Kier alpha value is -4.61. The van der Waals surface area contributed by atoms with Crippen molar-refractivity contribution in [3.63, 3.8) is 0 Å². The molecule has 0 bridgehead atoms. The van der Waals surface area contributed by atoms with Crippen LogP contribution in [-0.4, -0.2) is 58.3 Å². The van der Waals surface area contributed by atoms with Gasteiger partial charge in [-0.25, -0.2) is 0 Å². The highest BCUT2D eigenvalue weighted by atomic mass is 16.7. The first-order valence-corrected chi connectivity index (χ1v) is 13.8. The van der Waals surface area contributed by atoms with E-state index >= 15 is 0 Å². The Morgan fingerprint density at radius 3 is 1.77 bits per heavy atom. The van der Waals surface area contributed by atoms with Gasteiger partial charge in [0.1, 0.15) is 35.7 Å². The molecule has 43 heavy (non-hydrogen) atoms. The molecule has 0 saturated carbocycles. The predicted octanol–water partition coefficient (Wildman–Crippen LogP) is 3.93. The summed E-state index contributed by atoms with van der Waals surface area (Å²) in [6, 6.07) is 33.2. The number of carbonyl (C=O) groups excluding carboxylic acids is 1. The molecule has 5 rings (SSSR count). The minimum atomic E-state index is -1.48. The number of non-ortho nitro benzene ring substituents is 1. The third kappa shape index (κ3) is 6.42. The van der Waals surface area contributed by atoms with Crippen molar-refractivity contribution in [1.82, 2.24) is 5.32 Å². The van der Waals surface area contributed by atoms with Gasteiger partial charge in [-0.05, 0) is 28.8 Å². The highest BCUT2D eigenvalue weighted by molar-refractivity contribution is 5.73. The zero-order valence-corrected chi connectivity index (χ0v) is 23.4. The van der Waals surface area contributed by atoms with Gasteiger partial charge in [-0.2, -0.15) is 0 Å². The molecule has 0 spiro atoms. The number of rotatable bonds is 10. The molecule has 1 saturated heterocycles. The first kappa shape index (κ1) is 29.9. The summed E-state index contributed by atoms with van der Waals surface area (Å²) in [6.07, 6.45) is -5.27. The minimum Gasteiger partial charge on any atom is -0.463 e. The van der Waals surface area contributed by atoms with Gasteiger partial charge in [-0.15, -0.1) is 0 Å². The summed E-state index contributed by atoms with van der Waals surface area (Å²) >= 11 is 0. The van der Waals surface area contributed by atoms with Crippen molar-refractivity contribution in [2.75, 3.05) is 6.61 Å². The van der Waals surface area contributed by atoms with E-state index in [1.54, 1.807) is 0 Å². The van der Waals surface area contributed by atoms with Crippen molar-refractivity contribution in [2.24, 2.45) is 0 Å². The maximum absolute atomic E-state index is 12.0. The van der Waals surface area contributed by atoms with Gasteiger partial charge in [0.15, 0.2) is 0 Å². The van der Waals surface area contributed by atoms with E-state index in [0.29, 0.717) is 0 Å². The van der Waals surface area contributed by atoms with E-state index in [0.717, 1.165) is 16.7 Å². The minimum absolute atomic E-state index is 0.129. The molecule has 1 aliphatic rings. The molecule has 4 aromatic carbocycles. The van der Waals surface area contributed by atoms with Crippen LogP contribution in [0.25, 0.3) is 0 Å². The van der Waals surface area contributed by atoms with E-state index in [2.05, 4.69) is 5.32 Å². The zero-order chi connectivity index (χ0) is 30.4. The first-order chi connectivity index (χ1) is 20.8. The van der Waals surface area contributed by atoms with Crippen LogP contribution in [0.15, 0.2) is 115 Å². The Morgan fingerprint density at radius 1 is 0.837 bits per heavy atom. The second kappa shape index (κ2) is 13.1. The monoisotopic (exact) mass is 584 g/mol. The fraction of sp³-hybridized carbons (Fsp3) is 0.242. The summed E-state index contributed by atoms with van der Waals surface area (Å²) in [7, 11) is 0. The Kier molecular flexibility index (Phi) is 9.13. The van der Waals surface area contributed by atoms with Gasteiger partial charge in [-0.3, -0.25) is 14.9 Å². The summed E-state index contributed by atoms with van der Waals surface area (Å²) in [6.45, 7) is 1.09. The molecule has 10 nitrogen and oxygen atoms in total. The molecule has 3 N–H and O–H groups in total. The molecule has 1 heterocycles. The summed E-state index contributed by atoms with van der Waals surface area (Å²) in [5.74, 6) is -0.260. The molecular weight excluding hydrogens is 552 g/mol. The standard InChI is InChI=1S/C33H32N2O8/c1-22(36)34-29-31(38)30(37)28(43-32(29)42-27-19-17-26(18-20-27)35(39)40)21-41-33(23-11-5-2-6-12-23,24-13-7-3-8-14-24)25-15-9-4-10-16-25/h2-20,28-32,37-38H,21H2,1H3,(H,34,36). The molecule has 4 aromatic rings. The molecule has 5 unspecified atom stereocenters. The maximum atomic E-state index is 12.0. The zero-order valence-electron chi connectivity index (χ0n) is 23.4. The van der Waals surface area contributed by atoms with Crippen LogP contribution in [0.2, 0.25) is 0 Å². The lowest BCUT2D eigenvalue weighted by Crippen LogP contribution is -2.65. The van der Waals surface area contributed by atoms with E-state index in [1.807, 2.05) is 91.0 Å². The smallest absolute Gasteiger partial charge is 0.269 e. The van der Waals surface area contributed by atoms with Crippen LogP contribution in [-0.2, 0) is 19.9 Å². The van der Waals surface area contributed by atoms with E-state index < -0.39 is 47.1 Å². The number of aliphatic hydroxyl groups excluding tert-OH is 2. The van der Waals surface area contributed by atoms with Crippen molar-refractivity contribution in [3.05, 3.63) is 142 Å². The molecular formula is C33H32N2O8. The van der Waals surface area contributed by atoms with Crippen molar-refractivity contribution < 1.29 is 34.1 Å².